The highest BCUT2D eigenvalue weighted by Crippen LogP contribution is 2.30. The van der Waals surface area contributed by atoms with Crippen molar-refractivity contribution in [3.8, 4) is 0 Å². The van der Waals surface area contributed by atoms with Crippen molar-refractivity contribution in [3.05, 3.63) is 34.9 Å². The molecule has 2 fully saturated rings. The van der Waals surface area contributed by atoms with E-state index >= 15 is 0 Å². The number of hydrogen-bond acceptors (Lipinski definition) is 2. The Morgan fingerprint density at radius 2 is 1.96 bits per heavy atom. The van der Waals surface area contributed by atoms with Gasteiger partial charge in [-0.1, -0.05) is 23.7 Å². The molecule has 1 aliphatic carbocycles. The molecule has 1 aliphatic heterocycles. The molecule has 0 radical (unpaired) electrons. The van der Waals surface area contributed by atoms with E-state index in [9.17, 15) is 4.79 Å². The van der Waals surface area contributed by atoms with E-state index in [1.54, 1.807) is 0 Å². The lowest BCUT2D eigenvalue weighted by Crippen LogP contribution is -2.44. The van der Waals surface area contributed by atoms with Gasteiger partial charge in [0.25, 0.3) is 0 Å². The van der Waals surface area contributed by atoms with Crippen LogP contribution in [0, 0.1) is 11.8 Å². The molecule has 2 aliphatic rings. The third-order valence-electron chi connectivity index (χ3n) is 4.72. The number of piperidine rings is 1. The van der Waals surface area contributed by atoms with Gasteiger partial charge in [-0.3, -0.25) is 4.79 Å². The van der Waals surface area contributed by atoms with Gasteiger partial charge in [-0.05, 0) is 62.3 Å². The third-order valence-corrected chi connectivity index (χ3v) is 4.97. The van der Waals surface area contributed by atoms with Gasteiger partial charge >= 0.3 is 0 Å². The van der Waals surface area contributed by atoms with Crippen LogP contribution in [0.15, 0.2) is 24.3 Å². The molecule has 1 saturated heterocycles. The van der Waals surface area contributed by atoms with Crippen molar-refractivity contribution in [2.75, 3.05) is 26.2 Å². The van der Waals surface area contributed by atoms with E-state index in [-0.39, 0.29) is 18.3 Å². The predicted octanol–water partition coefficient (Wildman–Crippen LogP) is 3.54. The zero-order chi connectivity index (χ0) is 15.4. The summed E-state index contributed by atoms with van der Waals surface area (Å²) in [4.78, 5) is 14.9. The topological polar surface area (TPSA) is 32.3 Å². The number of hydrogen-bond donors (Lipinski definition) is 1. The van der Waals surface area contributed by atoms with Crippen LogP contribution < -0.4 is 5.32 Å². The highest BCUT2D eigenvalue weighted by atomic mass is 35.5. The summed E-state index contributed by atoms with van der Waals surface area (Å²) in [6.07, 6.45) is 5.63. The Bertz CT molecular complexity index is 496. The number of nitrogens with one attached hydrogen (secondary N) is 1. The number of rotatable bonds is 6. The van der Waals surface area contributed by atoms with Crippen molar-refractivity contribution in [1.29, 1.82) is 0 Å². The van der Waals surface area contributed by atoms with Gasteiger partial charge in [0.1, 0.15) is 0 Å². The molecular weight excluding hydrogens is 331 g/mol. The van der Waals surface area contributed by atoms with E-state index in [0.717, 1.165) is 56.4 Å². The molecule has 1 saturated carbocycles. The maximum absolute atomic E-state index is 12.8. The first kappa shape index (κ1) is 18.6. The molecule has 0 spiro atoms. The van der Waals surface area contributed by atoms with Gasteiger partial charge in [-0.2, -0.15) is 0 Å². The van der Waals surface area contributed by atoms with E-state index in [1.165, 1.54) is 18.4 Å². The van der Waals surface area contributed by atoms with Crippen molar-refractivity contribution in [1.82, 2.24) is 10.2 Å². The lowest BCUT2D eigenvalue weighted by atomic mass is 9.97. The molecule has 3 nitrogen and oxygen atoms in total. The van der Waals surface area contributed by atoms with Crippen LogP contribution >= 0.6 is 24.0 Å². The van der Waals surface area contributed by atoms with Crippen LogP contribution in [0.2, 0.25) is 5.02 Å². The fraction of sp³-hybridized carbons (Fsp3) is 0.611. The molecule has 1 amide bonds. The Hall–Kier alpha value is -0.770. The first-order chi connectivity index (χ1) is 10.7. The summed E-state index contributed by atoms with van der Waals surface area (Å²) < 4.78 is 0. The second-order valence-electron chi connectivity index (χ2n) is 6.65. The van der Waals surface area contributed by atoms with Gasteiger partial charge in [0.05, 0.1) is 5.92 Å². The van der Waals surface area contributed by atoms with E-state index in [0.29, 0.717) is 5.91 Å². The summed E-state index contributed by atoms with van der Waals surface area (Å²) in [6.45, 7) is 3.68. The molecule has 0 bridgehead atoms. The normalized spacial score (nSPS) is 20.7. The summed E-state index contributed by atoms with van der Waals surface area (Å²) in [7, 11) is 0. The van der Waals surface area contributed by atoms with E-state index < -0.39 is 0 Å². The van der Waals surface area contributed by atoms with E-state index in [1.807, 2.05) is 12.1 Å². The molecule has 0 aromatic heterocycles. The minimum Gasteiger partial charge on any atom is -0.342 e. The average molecular weight is 357 g/mol. The molecule has 1 aromatic rings. The fourth-order valence-electron chi connectivity index (χ4n) is 3.14. The van der Waals surface area contributed by atoms with Crippen LogP contribution in [0.25, 0.3) is 0 Å². The quantitative estimate of drug-likeness (QED) is 0.845. The lowest BCUT2D eigenvalue weighted by Gasteiger charge is -2.30. The van der Waals surface area contributed by atoms with Crippen molar-refractivity contribution in [3.63, 3.8) is 0 Å². The second-order valence-corrected chi connectivity index (χ2v) is 7.08. The van der Waals surface area contributed by atoms with Crippen molar-refractivity contribution < 1.29 is 4.79 Å². The van der Waals surface area contributed by atoms with Crippen LogP contribution in [0.3, 0.4) is 0 Å². The summed E-state index contributed by atoms with van der Waals surface area (Å²) in [6, 6.07) is 7.97. The highest BCUT2D eigenvalue weighted by molar-refractivity contribution is 6.30. The van der Waals surface area contributed by atoms with E-state index in [4.69, 9.17) is 11.6 Å². The summed E-state index contributed by atoms with van der Waals surface area (Å²) in [5.74, 6) is 1.27. The molecule has 1 heterocycles. The summed E-state index contributed by atoms with van der Waals surface area (Å²) in [5, 5.41) is 4.12. The first-order valence-corrected chi connectivity index (χ1v) is 8.84. The highest BCUT2D eigenvalue weighted by Gasteiger charge is 2.30. The van der Waals surface area contributed by atoms with Gasteiger partial charge in [0.2, 0.25) is 5.91 Å². The molecule has 5 heteroatoms. The Balaban J connectivity index is 0.00000192. The van der Waals surface area contributed by atoms with Crippen molar-refractivity contribution in [2.24, 2.45) is 11.8 Å². The molecule has 3 rings (SSSR count). The van der Waals surface area contributed by atoms with Gasteiger partial charge in [0.15, 0.2) is 0 Å². The molecule has 23 heavy (non-hydrogen) atoms. The molecule has 128 valence electrons. The zero-order valence-corrected chi connectivity index (χ0v) is 15.0. The second kappa shape index (κ2) is 8.91. The summed E-state index contributed by atoms with van der Waals surface area (Å²) in [5.41, 5.74) is 1.25. The average Bonchev–Trinajstić information content (AvgIpc) is 3.37. The molecule has 1 N–H and O–H groups in total. The zero-order valence-electron chi connectivity index (χ0n) is 13.5. The maximum atomic E-state index is 12.8. The van der Waals surface area contributed by atoms with Crippen LogP contribution in [0.5, 0.6) is 0 Å². The van der Waals surface area contributed by atoms with Crippen LogP contribution in [-0.4, -0.2) is 37.0 Å². The van der Waals surface area contributed by atoms with Gasteiger partial charge < -0.3 is 10.2 Å². The van der Waals surface area contributed by atoms with Crippen LogP contribution in [0.4, 0.5) is 0 Å². The molecule has 1 unspecified atom stereocenters. The summed E-state index contributed by atoms with van der Waals surface area (Å²) >= 11 is 5.93. The molecular formula is C18H26Cl2N2O. The monoisotopic (exact) mass is 356 g/mol. The third kappa shape index (κ3) is 5.66. The van der Waals surface area contributed by atoms with Crippen LogP contribution in [-0.2, 0) is 11.2 Å². The largest absolute Gasteiger partial charge is 0.342 e. The number of carbonyl (C=O) groups excluding carboxylic acids is 1. The Morgan fingerprint density at radius 1 is 1.22 bits per heavy atom. The number of amides is 1. The smallest absolute Gasteiger partial charge is 0.226 e. The minimum absolute atomic E-state index is 0. The number of carbonyl (C=O) groups is 1. The first-order valence-electron chi connectivity index (χ1n) is 8.46. The minimum atomic E-state index is 0. The fourth-order valence-corrected chi connectivity index (χ4v) is 3.27. The van der Waals surface area contributed by atoms with E-state index in [2.05, 4.69) is 22.3 Å². The SMILES string of the molecule is Cl.O=C(C1CCCNC1)N(CCc1ccc(Cl)cc1)CC1CC1. The van der Waals surface area contributed by atoms with Crippen molar-refractivity contribution >= 4 is 29.9 Å². The van der Waals surface area contributed by atoms with Gasteiger partial charge in [-0.15, -0.1) is 12.4 Å². The number of benzene rings is 1. The Kier molecular flexibility index (Phi) is 7.19. The van der Waals surface area contributed by atoms with Gasteiger partial charge in [0, 0.05) is 24.7 Å². The molecule has 1 aromatic carbocycles. The number of halogens is 2. The van der Waals surface area contributed by atoms with Crippen LogP contribution in [0.1, 0.15) is 31.2 Å². The maximum Gasteiger partial charge on any atom is 0.226 e. The Morgan fingerprint density at radius 3 is 2.57 bits per heavy atom. The number of nitrogens with zero attached hydrogens (tertiary/aromatic N) is 1. The standard InChI is InChI=1S/C18H25ClN2O.ClH/c19-17-7-5-14(6-8-17)9-11-21(13-15-3-4-15)18(22)16-2-1-10-20-12-16;/h5-8,15-16,20H,1-4,9-13H2;1H. The molecule has 1 atom stereocenters. The van der Waals surface area contributed by atoms with Crippen molar-refractivity contribution in [2.45, 2.75) is 32.1 Å². The lowest BCUT2D eigenvalue weighted by molar-refractivity contribution is -0.136. The Labute approximate surface area is 150 Å². The van der Waals surface area contributed by atoms with Gasteiger partial charge in [-0.25, -0.2) is 0 Å². The predicted molar refractivity (Wildman–Crippen MR) is 97.3 cm³/mol.